The summed E-state index contributed by atoms with van der Waals surface area (Å²) in [6.07, 6.45) is 1.47. The number of nitrogens with one attached hydrogen (secondary N) is 1. The number of aromatic amines is 1. The van der Waals surface area contributed by atoms with Gasteiger partial charge in [-0.05, 0) is 36.8 Å². The van der Waals surface area contributed by atoms with Crippen LogP contribution in [0.2, 0.25) is 0 Å². The van der Waals surface area contributed by atoms with E-state index in [1.54, 1.807) is 12.1 Å². The van der Waals surface area contributed by atoms with Crippen molar-refractivity contribution in [2.75, 3.05) is 0 Å². The number of hydrogen-bond acceptors (Lipinski definition) is 4. The molecule has 6 heteroatoms. The van der Waals surface area contributed by atoms with Crippen molar-refractivity contribution in [2.45, 2.75) is 17.7 Å². The van der Waals surface area contributed by atoms with Crippen LogP contribution in [0.4, 0.5) is 0 Å². The van der Waals surface area contributed by atoms with Crippen molar-refractivity contribution in [3.05, 3.63) is 54.0 Å². The van der Waals surface area contributed by atoms with Gasteiger partial charge in [0.05, 0.1) is 11.0 Å². The van der Waals surface area contributed by atoms with Gasteiger partial charge < -0.3 is 4.98 Å². The van der Waals surface area contributed by atoms with Crippen molar-refractivity contribution in [3.63, 3.8) is 0 Å². The first-order chi connectivity index (χ1) is 9.54. The highest BCUT2D eigenvalue weighted by Crippen LogP contribution is 2.17. The van der Waals surface area contributed by atoms with Crippen LogP contribution in [0, 0.1) is 6.92 Å². The average molecular weight is 287 g/mol. The fourth-order valence-corrected chi connectivity index (χ4v) is 3.17. The van der Waals surface area contributed by atoms with Crippen LogP contribution < -0.4 is 0 Å². The predicted octanol–water partition coefficient (Wildman–Crippen LogP) is 2.24. The second-order valence-corrected chi connectivity index (χ2v) is 6.57. The minimum Gasteiger partial charge on any atom is -0.341 e. The summed E-state index contributed by atoms with van der Waals surface area (Å²) in [6.45, 7) is 1.97. The number of nitrogens with zero attached hydrogens (tertiary/aromatic N) is 2. The molecule has 102 valence electrons. The van der Waals surface area contributed by atoms with Crippen LogP contribution in [-0.2, 0) is 15.6 Å². The van der Waals surface area contributed by atoms with Crippen molar-refractivity contribution in [1.29, 1.82) is 0 Å². The fraction of sp³-hybridized carbons (Fsp3) is 0.143. The van der Waals surface area contributed by atoms with Gasteiger partial charge >= 0.3 is 0 Å². The van der Waals surface area contributed by atoms with Gasteiger partial charge in [-0.15, -0.1) is 0 Å². The first-order valence-electron chi connectivity index (χ1n) is 6.14. The maximum atomic E-state index is 12.2. The Hall–Kier alpha value is -2.21. The molecule has 2 heterocycles. The van der Waals surface area contributed by atoms with Crippen molar-refractivity contribution in [1.82, 2.24) is 15.0 Å². The minimum atomic E-state index is -3.48. The molecular formula is C14H13N3O2S. The number of aryl methyl sites for hydroxylation is 1. The summed E-state index contributed by atoms with van der Waals surface area (Å²) in [5, 5.41) is 0.0663. The molecule has 3 rings (SSSR count). The highest BCUT2D eigenvalue weighted by Gasteiger charge is 2.18. The summed E-state index contributed by atoms with van der Waals surface area (Å²) in [7, 11) is -3.48. The number of fused-ring (bicyclic) bond motifs is 1. The SMILES string of the molecule is Cc1ccc2[nH]c(CS(=O)(=O)c3ccccn3)nc2c1. The van der Waals surface area contributed by atoms with Gasteiger partial charge in [0.25, 0.3) is 0 Å². The van der Waals surface area contributed by atoms with E-state index in [4.69, 9.17) is 0 Å². The zero-order valence-corrected chi connectivity index (χ0v) is 11.7. The first kappa shape index (κ1) is 12.8. The van der Waals surface area contributed by atoms with Crippen LogP contribution >= 0.6 is 0 Å². The fourth-order valence-electron chi connectivity index (χ4n) is 2.02. The van der Waals surface area contributed by atoms with Crippen LogP contribution in [0.25, 0.3) is 11.0 Å². The van der Waals surface area contributed by atoms with Crippen molar-refractivity contribution in [2.24, 2.45) is 0 Å². The van der Waals surface area contributed by atoms with Crippen LogP contribution in [0.5, 0.6) is 0 Å². The highest BCUT2D eigenvalue weighted by atomic mass is 32.2. The molecule has 0 bridgehead atoms. The van der Waals surface area contributed by atoms with Crippen molar-refractivity contribution in [3.8, 4) is 0 Å². The van der Waals surface area contributed by atoms with E-state index in [1.807, 2.05) is 25.1 Å². The molecule has 5 nitrogen and oxygen atoms in total. The van der Waals surface area contributed by atoms with Gasteiger partial charge in [0, 0.05) is 6.20 Å². The molecule has 0 spiro atoms. The molecule has 1 aromatic carbocycles. The Labute approximate surface area is 116 Å². The molecule has 0 aliphatic carbocycles. The van der Waals surface area contributed by atoms with Crippen molar-refractivity contribution >= 4 is 20.9 Å². The molecule has 0 amide bonds. The van der Waals surface area contributed by atoms with Gasteiger partial charge in [0.2, 0.25) is 9.84 Å². The molecule has 0 unspecified atom stereocenters. The summed E-state index contributed by atoms with van der Waals surface area (Å²) in [5.41, 5.74) is 2.70. The Kier molecular flexibility index (Phi) is 3.02. The lowest BCUT2D eigenvalue weighted by Gasteiger charge is -2.00. The van der Waals surface area contributed by atoms with Gasteiger partial charge in [-0.1, -0.05) is 12.1 Å². The molecule has 0 aliphatic heterocycles. The molecule has 0 fully saturated rings. The summed E-state index contributed by atoms with van der Waals surface area (Å²) in [6, 6.07) is 10.6. The number of pyridine rings is 1. The van der Waals surface area contributed by atoms with Gasteiger partial charge in [0.1, 0.15) is 11.6 Å². The van der Waals surface area contributed by atoms with E-state index in [1.165, 1.54) is 12.3 Å². The lowest BCUT2D eigenvalue weighted by atomic mass is 10.2. The third-order valence-electron chi connectivity index (χ3n) is 2.97. The van der Waals surface area contributed by atoms with Crippen LogP contribution in [0.1, 0.15) is 11.4 Å². The zero-order valence-electron chi connectivity index (χ0n) is 10.9. The number of aromatic nitrogens is 3. The van der Waals surface area contributed by atoms with Gasteiger partial charge in [-0.25, -0.2) is 18.4 Å². The number of sulfone groups is 1. The van der Waals surface area contributed by atoms with Crippen LogP contribution in [0.15, 0.2) is 47.6 Å². The highest BCUT2D eigenvalue weighted by molar-refractivity contribution is 7.90. The number of benzene rings is 1. The zero-order chi connectivity index (χ0) is 14.2. The van der Waals surface area contributed by atoms with Gasteiger partial charge in [0.15, 0.2) is 5.03 Å². The molecule has 0 radical (unpaired) electrons. The molecule has 0 aliphatic rings. The maximum Gasteiger partial charge on any atom is 0.202 e. The molecule has 1 N–H and O–H groups in total. The third-order valence-corrected chi connectivity index (χ3v) is 4.50. The molecule has 3 aromatic rings. The number of imidazole rings is 1. The first-order valence-corrected chi connectivity index (χ1v) is 7.79. The maximum absolute atomic E-state index is 12.2. The van der Waals surface area contributed by atoms with Crippen LogP contribution in [-0.4, -0.2) is 23.4 Å². The smallest absolute Gasteiger partial charge is 0.202 e. The Morgan fingerprint density at radius 3 is 2.80 bits per heavy atom. The van der Waals surface area contributed by atoms with Gasteiger partial charge in [-0.2, -0.15) is 0 Å². The second kappa shape index (κ2) is 4.72. The lowest BCUT2D eigenvalue weighted by molar-refractivity contribution is 0.590. The molecule has 0 saturated carbocycles. The lowest BCUT2D eigenvalue weighted by Crippen LogP contribution is -2.07. The normalized spacial score (nSPS) is 11.8. The van der Waals surface area contributed by atoms with Crippen molar-refractivity contribution < 1.29 is 8.42 Å². The summed E-state index contributed by atoms with van der Waals surface area (Å²) < 4.78 is 24.4. The van der Waals surface area contributed by atoms with E-state index in [0.717, 1.165) is 16.6 Å². The molecular weight excluding hydrogens is 274 g/mol. The second-order valence-electron chi connectivity index (χ2n) is 4.63. The van der Waals surface area contributed by atoms with E-state index < -0.39 is 9.84 Å². The van der Waals surface area contributed by atoms with E-state index in [-0.39, 0.29) is 10.8 Å². The number of rotatable bonds is 3. The Morgan fingerprint density at radius 2 is 2.05 bits per heavy atom. The molecule has 20 heavy (non-hydrogen) atoms. The topological polar surface area (TPSA) is 75.7 Å². The van der Waals surface area contributed by atoms with E-state index in [9.17, 15) is 8.42 Å². The third kappa shape index (κ3) is 2.42. The van der Waals surface area contributed by atoms with E-state index in [2.05, 4.69) is 15.0 Å². The van der Waals surface area contributed by atoms with Crippen LogP contribution in [0.3, 0.4) is 0 Å². The van der Waals surface area contributed by atoms with E-state index in [0.29, 0.717) is 5.82 Å². The minimum absolute atomic E-state index is 0.0663. The summed E-state index contributed by atoms with van der Waals surface area (Å²) >= 11 is 0. The Balaban J connectivity index is 1.97. The Bertz CT molecular complexity index is 855. The summed E-state index contributed by atoms with van der Waals surface area (Å²) in [5.74, 6) is 0.244. The van der Waals surface area contributed by atoms with E-state index >= 15 is 0 Å². The van der Waals surface area contributed by atoms with Gasteiger partial charge in [-0.3, -0.25) is 0 Å². The largest absolute Gasteiger partial charge is 0.341 e. The molecule has 0 atom stereocenters. The monoisotopic (exact) mass is 287 g/mol. The molecule has 0 saturated heterocycles. The predicted molar refractivity (Wildman–Crippen MR) is 76.0 cm³/mol. The molecule has 2 aromatic heterocycles. The average Bonchev–Trinajstić information content (AvgIpc) is 2.80. The quantitative estimate of drug-likeness (QED) is 0.801. The number of hydrogen-bond donors (Lipinski definition) is 1. The Morgan fingerprint density at radius 1 is 1.20 bits per heavy atom. The summed E-state index contributed by atoms with van der Waals surface area (Å²) in [4.78, 5) is 11.2. The number of H-pyrrole nitrogens is 1. The standard InChI is InChI=1S/C14H13N3O2S/c1-10-5-6-11-12(8-10)17-13(16-11)9-20(18,19)14-4-2-3-7-15-14/h2-8H,9H2,1H3,(H,16,17).